The molecular weight excluding hydrogens is 504 g/mol. The highest BCUT2D eigenvalue weighted by Gasteiger charge is 2.13. The highest BCUT2D eigenvalue weighted by Crippen LogP contribution is 2.32. The number of benzene rings is 3. The summed E-state index contributed by atoms with van der Waals surface area (Å²) < 4.78 is 11.6. The molecule has 9 heteroatoms. The second-order valence-electron chi connectivity index (χ2n) is 9.65. The lowest BCUT2D eigenvalue weighted by molar-refractivity contribution is -0.123. The van der Waals surface area contributed by atoms with Crippen LogP contribution in [-0.2, 0) is 4.79 Å². The van der Waals surface area contributed by atoms with Crippen molar-refractivity contribution < 1.29 is 14.3 Å². The van der Waals surface area contributed by atoms with Gasteiger partial charge < -0.3 is 20.1 Å². The molecule has 3 aromatic carbocycles. The summed E-state index contributed by atoms with van der Waals surface area (Å²) in [6.07, 6.45) is 4.57. The summed E-state index contributed by atoms with van der Waals surface area (Å²) in [4.78, 5) is 21.8. The van der Waals surface area contributed by atoms with Crippen LogP contribution in [0.15, 0.2) is 79.1 Å². The zero-order valence-electron chi connectivity index (χ0n) is 22.8. The SMILES string of the molecule is CCCOc1ccc2nc(-c3cccc(OCC(=O)NC(C)C)c3)nc(Nc3ccc(-c4cn[nH]c4)cc3)c2c1. The summed E-state index contributed by atoms with van der Waals surface area (Å²) in [7, 11) is 0. The number of hydrogen-bond acceptors (Lipinski definition) is 7. The van der Waals surface area contributed by atoms with E-state index in [0.717, 1.165) is 45.5 Å². The summed E-state index contributed by atoms with van der Waals surface area (Å²) in [5, 5.41) is 14.0. The number of amides is 1. The van der Waals surface area contributed by atoms with E-state index in [4.69, 9.17) is 19.4 Å². The lowest BCUT2D eigenvalue weighted by atomic mass is 10.1. The monoisotopic (exact) mass is 536 g/mol. The summed E-state index contributed by atoms with van der Waals surface area (Å²) in [5.74, 6) is 2.34. The number of carbonyl (C=O) groups excluding carboxylic acids is 1. The molecule has 0 aliphatic carbocycles. The van der Waals surface area contributed by atoms with Crippen LogP contribution >= 0.6 is 0 Å². The fourth-order valence-electron chi connectivity index (χ4n) is 4.17. The van der Waals surface area contributed by atoms with E-state index in [1.807, 2.05) is 86.8 Å². The highest BCUT2D eigenvalue weighted by atomic mass is 16.5. The van der Waals surface area contributed by atoms with Gasteiger partial charge in [0.15, 0.2) is 12.4 Å². The standard InChI is InChI=1S/C31H32N6O3/c1-4-14-39-26-12-13-28-27(16-26)31(35-24-10-8-21(9-11-24)23-17-32-33-18-23)37-30(36-28)22-6-5-7-25(15-22)40-19-29(38)34-20(2)3/h5-13,15-18,20H,4,14,19H2,1-3H3,(H,32,33)(H,34,38)(H,35,36,37). The van der Waals surface area contributed by atoms with Gasteiger partial charge in [0.1, 0.15) is 17.3 Å². The molecule has 2 aromatic heterocycles. The van der Waals surface area contributed by atoms with Crippen LogP contribution in [0.1, 0.15) is 27.2 Å². The molecule has 0 unspecified atom stereocenters. The maximum Gasteiger partial charge on any atom is 0.258 e. The van der Waals surface area contributed by atoms with Gasteiger partial charge in [-0.15, -0.1) is 0 Å². The Morgan fingerprint density at radius 3 is 2.50 bits per heavy atom. The molecule has 0 aliphatic heterocycles. The number of rotatable bonds is 11. The second kappa shape index (κ2) is 12.3. The van der Waals surface area contributed by atoms with Crippen molar-refractivity contribution in [2.45, 2.75) is 33.2 Å². The fraction of sp³-hybridized carbons (Fsp3) is 0.226. The van der Waals surface area contributed by atoms with E-state index in [2.05, 4.69) is 27.8 Å². The zero-order valence-corrected chi connectivity index (χ0v) is 22.8. The van der Waals surface area contributed by atoms with Crippen molar-refractivity contribution in [3.05, 3.63) is 79.1 Å². The van der Waals surface area contributed by atoms with Gasteiger partial charge in [0.05, 0.1) is 18.3 Å². The van der Waals surface area contributed by atoms with Crippen LogP contribution in [0, 0.1) is 0 Å². The van der Waals surface area contributed by atoms with Crippen molar-refractivity contribution in [1.82, 2.24) is 25.5 Å². The van der Waals surface area contributed by atoms with E-state index in [-0.39, 0.29) is 18.6 Å². The summed E-state index contributed by atoms with van der Waals surface area (Å²) in [6, 6.07) is 21.4. The van der Waals surface area contributed by atoms with Gasteiger partial charge >= 0.3 is 0 Å². The average Bonchev–Trinajstić information content (AvgIpc) is 3.50. The first-order valence-electron chi connectivity index (χ1n) is 13.3. The normalized spacial score (nSPS) is 11.0. The van der Waals surface area contributed by atoms with E-state index in [0.29, 0.717) is 24.0 Å². The molecule has 2 heterocycles. The van der Waals surface area contributed by atoms with E-state index in [1.165, 1.54) is 0 Å². The van der Waals surface area contributed by atoms with Gasteiger partial charge in [0.25, 0.3) is 5.91 Å². The van der Waals surface area contributed by atoms with Crippen LogP contribution in [0.25, 0.3) is 33.4 Å². The Morgan fingerprint density at radius 1 is 0.925 bits per heavy atom. The van der Waals surface area contributed by atoms with Gasteiger partial charge in [-0.25, -0.2) is 9.97 Å². The number of aromatic nitrogens is 4. The van der Waals surface area contributed by atoms with E-state index >= 15 is 0 Å². The van der Waals surface area contributed by atoms with Crippen LogP contribution in [0.2, 0.25) is 0 Å². The third-order valence-corrected chi connectivity index (χ3v) is 6.03. The van der Waals surface area contributed by atoms with Gasteiger partial charge in [-0.05, 0) is 68.3 Å². The minimum absolute atomic E-state index is 0.0501. The van der Waals surface area contributed by atoms with Crippen molar-refractivity contribution in [3.63, 3.8) is 0 Å². The molecule has 1 amide bonds. The molecule has 0 saturated carbocycles. The number of ether oxygens (including phenoxy) is 2. The first kappa shape index (κ1) is 26.7. The Labute approximate surface area is 233 Å². The van der Waals surface area contributed by atoms with Gasteiger partial charge in [0, 0.05) is 34.4 Å². The van der Waals surface area contributed by atoms with Crippen molar-refractivity contribution in [2.75, 3.05) is 18.5 Å². The third kappa shape index (κ3) is 6.55. The molecule has 0 aliphatic rings. The number of nitrogens with one attached hydrogen (secondary N) is 3. The minimum atomic E-state index is -0.172. The number of H-pyrrole nitrogens is 1. The predicted molar refractivity (Wildman–Crippen MR) is 157 cm³/mol. The molecule has 0 spiro atoms. The highest BCUT2D eigenvalue weighted by molar-refractivity contribution is 5.93. The van der Waals surface area contributed by atoms with Crippen molar-refractivity contribution in [3.8, 4) is 34.0 Å². The molecule has 40 heavy (non-hydrogen) atoms. The maximum atomic E-state index is 12.0. The van der Waals surface area contributed by atoms with Gasteiger partial charge in [-0.2, -0.15) is 5.10 Å². The molecular formula is C31H32N6O3. The summed E-state index contributed by atoms with van der Waals surface area (Å²) in [5.41, 5.74) is 4.50. The van der Waals surface area contributed by atoms with E-state index < -0.39 is 0 Å². The first-order chi connectivity index (χ1) is 19.5. The van der Waals surface area contributed by atoms with Gasteiger partial charge in [-0.3, -0.25) is 9.89 Å². The Kier molecular flexibility index (Phi) is 8.20. The van der Waals surface area contributed by atoms with Crippen LogP contribution in [0.4, 0.5) is 11.5 Å². The number of carbonyl (C=O) groups is 1. The molecule has 3 N–H and O–H groups in total. The first-order valence-corrected chi connectivity index (χ1v) is 13.3. The van der Waals surface area contributed by atoms with Crippen molar-refractivity contribution >= 4 is 28.3 Å². The van der Waals surface area contributed by atoms with Crippen LogP contribution in [0.3, 0.4) is 0 Å². The molecule has 0 fully saturated rings. The molecule has 204 valence electrons. The Bertz CT molecular complexity index is 1580. The predicted octanol–water partition coefficient (Wildman–Crippen LogP) is 6.12. The molecule has 0 bridgehead atoms. The van der Waals surface area contributed by atoms with Crippen LogP contribution < -0.4 is 20.1 Å². The van der Waals surface area contributed by atoms with Crippen molar-refractivity contribution in [1.29, 1.82) is 0 Å². The average molecular weight is 537 g/mol. The largest absolute Gasteiger partial charge is 0.494 e. The Balaban J connectivity index is 1.47. The number of fused-ring (bicyclic) bond motifs is 1. The van der Waals surface area contributed by atoms with Crippen molar-refractivity contribution in [2.24, 2.45) is 0 Å². The number of aromatic amines is 1. The quantitative estimate of drug-likeness (QED) is 0.186. The van der Waals surface area contributed by atoms with E-state index in [1.54, 1.807) is 6.20 Å². The topological polar surface area (TPSA) is 114 Å². The van der Waals surface area contributed by atoms with Crippen LogP contribution in [0.5, 0.6) is 11.5 Å². The fourth-order valence-corrected chi connectivity index (χ4v) is 4.17. The Hall–Kier alpha value is -4.92. The molecule has 5 aromatic rings. The number of nitrogens with zero attached hydrogens (tertiary/aromatic N) is 3. The summed E-state index contributed by atoms with van der Waals surface area (Å²) in [6.45, 7) is 6.46. The molecule has 0 radical (unpaired) electrons. The lowest BCUT2D eigenvalue weighted by Crippen LogP contribution is -2.34. The molecule has 0 atom stereocenters. The van der Waals surface area contributed by atoms with E-state index in [9.17, 15) is 4.79 Å². The minimum Gasteiger partial charge on any atom is -0.494 e. The second-order valence-corrected chi connectivity index (χ2v) is 9.65. The lowest BCUT2D eigenvalue weighted by Gasteiger charge is -2.14. The molecule has 0 saturated heterocycles. The maximum absolute atomic E-state index is 12.0. The van der Waals surface area contributed by atoms with Gasteiger partial charge in [-0.1, -0.05) is 31.2 Å². The molecule has 9 nitrogen and oxygen atoms in total. The third-order valence-electron chi connectivity index (χ3n) is 6.03. The molecule has 5 rings (SSSR count). The number of hydrogen-bond donors (Lipinski definition) is 3. The zero-order chi connectivity index (χ0) is 27.9. The van der Waals surface area contributed by atoms with Crippen LogP contribution in [-0.4, -0.2) is 45.3 Å². The summed E-state index contributed by atoms with van der Waals surface area (Å²) >= 11 is 0. The smallest absolute Gasteiger partial charge is 0.258 e. The number of anilines is 2. The Morgan fingerprint density at radius 2 is 1.75 bits per heavy atom. The van der Waals surface area contributed by atoms with Gasteiger partial charge in [0.2, 0.25) is 0 Å².